The number of hydrogen-bond donors (Lipinski definition) is 2. The number of carbonyl (C=O) groups is 1. The van der Waals surface area contributed by atoms with Gasteiger partial charge in [-0.15, -0.1) is 0 Å². The van der Waals surface area contributed by atoms with Crippen molar-refractivity contribution in [2.45, 2.75) is 40.7 Å². The molecule has 1 aromatic heterocycles. The lowest BCUT2D eigenvalue weighted by molar-refractivity contribution is 0.0138. The number of hydrogen-bond acceptors (Lipinski definition) is 3. The van der Waals surface area contributed by atoms with Gasteiger partial charge in [0.25, 0.3) is 5.91 Å². The number of imidazole rings is 1. The van der Waals surface area contributed by atoms with Crippen molar-refractivity contribution in [1.29, 1.82) is 0 Å². The summed E-state index contributed by atoms with van der Waals surface area (Å²) < 4.78 is 2.00. The van der Waals surface area contributed by atoms with E-state index in [1.165, 1.54) is 0 Å². The zero-order valence-corrected chi connectivity index (χ0v) is 14.8. The molecule has 0 aliphatic heterocycles. The summed E-state index contributed by atoms with van der Waals surface area (Å²) in [6.45, 7) is 10.2. The highest BCUT2D eigenvalue weighted by molar-refractivity contribution is 5.97. The van der Waals surface area contributed by atoms with Crippen LogP contribution in [0.5, 0.6) is 0 Å². The molecule has 1 aromatic carbocycles. The third-order valence-corrected chi connectivity index (χ3v) is 4.50. The first-order valence-electron chi connectivity index (χ1n) is 8.03. The molecule has 0 bridgehead atoms. The molecule has 0 aliphatic carbocycles. The van der Waals surface area contributed by atoms with Crippen LogP contribution in [0.4, 0.5) is 0 Å². The van der Waals surface area contributed by atoms with Crippen molar-refractivity contribution >= 4 is 16.9 Å². The van der Waals surface area contributed by atoms with E-state index in [9.17, 15) is 9.90 Å². The number of aromatic nitrogens is 2. The van der Waals surface area contributed by atoms with Crippen molar-refractivity contribution in [1.82, 2.24) is 14.9 Å². The van der Waals surface area contributed by atoms with Crippen LogP contribution < -0.4 is 5.32 Å². The summed E-state index contributed by atoms with van der Waals surface area (Å²) in [5.41, 5.74) is 2.04. The fraction of sp³-hybridized carbons (Fsp3) is 0.556. The number of nitrogens with zero attached hydrogens (tertiary/aromatic N) is 2. The molecule has 126 valence electrons. The van der Waals surface area contributed by atoms with Gasteiger partial charge in [0.05, 0.1) is 17.1 Å². The van der Waals surface area contributed by atoms with E-state index in [2.05, 4.69) is 10.3 Å². The first-order chi connectivity index (χ1) is 10.6. The Balaban J connectivity index is 2.12. The SMILES string of the molecule is Cc1nc2cc(C(=O)NCC(C)(C)C(O)C(C)C)ccc2n1C. The van der Waals surface area contributed by atoms with Gasteiger partial charge >= 0.3 is 0 Å². The maximum atomic E-state index is 12.4. The Morgan fingerprint density at radius 2 is 2.04 bits per heavy atom. The lowest BCUT2D eigenvalue weighted by Gasteiger charge is -2.33. The Morgan fingerprint density at radius 1 is 1.39 bits per heavy atom. The van der Waals surface area contributed by atoms with Crippen LogP contribution in [0.1, 0.15) is 43.9 Å². The minimum Gasteiger partial charge on any atom is -0.392 e. The first-order valence-corrected chi connectivity index (χ1v) is 8.03. The molecule has 5 heteroatoms. The number of nitrogens with one attached hydrogen (secondary N) is 1. The lowest BCUT2D eigenvalue weighted by atomic mass is 9.80. The Kier molecular flexibility index (Phi) is 4.80. The second-order valence-electron chi connectivity index (χ2n) is 7.28. The van der Waals surface area contributed by atoms with Crippen LogP contribution in [0.25, 0.3) is 11.0 Å². The van der Waals surface area contributed by atoms with Crippen molar-refractivity contribution < 1.29 is 9.90 Å². The summed E-state index contributed by atoms with van der Waals surface area (Å²) in [5, 5.41) is 13.2. The molecule has 1 atom stereocenters. The van der Waals surface area contributed by atoms with Gasteiger partial charge in [0.15, 0.2) is 0 Å². The molecule has 1 heterocycles. The highest BCUT2D eigenvalue weighted by atomic mass is 16.3. The predicted molar refractivity (Wildman–Crippen MR) is 92.4 cm³/mol. The summed E-state index contributed by atoms with van der Waals surface area (Å²) in [7, 11) is 1.96. The smallest absolute Gasteiger partial charge is 0.251 e. The number of fused-ring (bicyclic) bond motifs is 1. The van der Waals surface area contributed by atoms with Crippen molar-refractivity contribution in [3.63, 3.8) is 0 Å². The van der Waals surface area contributed by atoms with Crippen molar-refractivity contribution in [3.8, 4) is 0 Å². The number of benzene rings is 1. The quantitative estimate of drug-likeness (QED) is 0.891. The summed E-state index contributed by atoms with van der Waals surface area (Å²) in [6.07, 6.45) is -0.469. The van der Waals surface area contributed by atoms with E-state index in [1.807, 2.05) is 64.4 Å². The maximum Gasteiger partial charge on any atom is 0.251 e. The van der Waals surface area contributed by atoms with Crippen molar-refractivity contribution in [3.05, 3.63) is 29.6 Å². The lowest BCUT2D eigenvalue weighted by Crippen LogP contribution is -2.43. The number of rotatable bonds is 5. The van der Waals surface area contributed by atoms with Gasteiger partial charge in [-0.3, -0.25) is 4.79 Å². The molecule has 2 aromatic rings. The summed E-state index contributed by atoms with van der Waals surface area (Å²) >= 11 is 0. The third-order valence-electron chi connectivity index (χ3n) is 4.50. The van der Waals surface area contributed by atoms with E-state index >= 15 is 0 Å². The average molecular weight is 317 g/mol. The highest BCUT2D eigenvalue weighted by Crippen LogP contribution is 2.25. The van der Waals surface area contributed by atoms with E-state index < -0.39 is 6.10 Å². The van der Waals surface area contributed by atoms with E-state index in [1.54, 1.807) is 0 Å². The molecule has 0 saturated carbocycles. The largest absolute Gasteiger partial charge is 0.392 e. The zero-order chi connectivity index (χ0) is 17.4. The molecule has 1 amide bonds. The normalized spacial score (nSPS) is 13.6. The van der Waals surface area contributed by atoms with Crippen molar-refractivity contribution in [2.75, 3.05) is 6.54 Å². The number of aliphatic hydroxyl groups is 1. The predicted octanol–water partition coefficient (Wildman–Crippen LogP) is 2.65. The van der Waals surface area contributed by atoms with Gasteiger partial charge in [-0.1, -0.05) is 27.7 Å². The second-order valence-corrected chi connectivity index (χ2v) is 7.28. The molecule has 0 spiro atoms. The van der Waals surface area contributed by atoms with Gasteiger partial charge in [-0.25, -0.2) is 4.98 Å². The first kappa shape index (κ1) is 17.5. The molecule has 2 rings (SSSR count). The van der Waals surface area contributed by atoms with Gasteiger partial charge in [-0.2, -0.15) is 0 Å². The molecule has 0 saturated heterocycles. The topological polar surface area (TPSA) is 67.2 Å². The molecule has 2 N–H and O–H groups in total. The molecular weight excluding hydrogens is 290 g/mol. The van der Waals surface area contributed by atoms with Crippen molar-refractivity contribution in [2.24, 2.45) is 18.4 Å². The molecule has 5 nitrogen and oxygen atoms in total. The Morgan fingerprint density at radius 3 is 2.65 bits per heavy atom. The van der Waals surface area contributed by atoms with Gasteiger partial charge < -0.3 is 15.0 Å². The van der Waals surface area contributed by atoms with Crippen LogP contribution in [0, 0.1) is 18.3 Å². The minimum atomic E-state index is -0.469. The summed E-state index contributed by atoms with van der Waals surface area (Å²) in [4.78, 5) is 16.9. The van der Waals surface area contributed by atoms with Gasteiger partial charge in [0.2, 0.25) is 0 Å². The van der Waals surface area contributed by atoms with E-state index in [4.69, 9.17) is 0 Å². The Bertz CT molecular complexity index is 716. The van der Waals surface area contributed by atoms with Gasteiger partial charge in [0, 0.05) is 24.6 Å². The maximum absolute atomic E-state index is 12.4. The molecular formula is C18H27N3O2. The van der Waals surface area contributed by atoms with Crippen LogP contribution in [-0.4, -0.2) is 33.2 Å². The van der Waals surface area contributed by atoms with Crippen LogP contribution in [-0.2, 0) is 7.05 Å². The van der Waals surface area contributed by atoms with Crippen LogP contribution in [0.15, 0.2) is 18.2 Å². The van der Waals surface area contributed by atoms with E-state index in [-0.39, 0.29) is 17.2 Å². The standard InChI is InChI=1S/C18H27N3O2/c1-11(2)16(22)18(4,5)10-19-17(23)13-7-8-15-14(9-13)20-12(3)21(15)6/h7-9,11,16,22H,10H2,1-6H3,(H,19,23). The van der Waals surface area contributed by atoms with Crippen LogP contribution in [0.2, 0.25) is 0 Å². The summed E-state index contributed by atoms with van der Waals surface area (Å²) in [5.74, 6) is 0.924. The molecule has 0 aliphatic rings. The fourth-order valence-corrected chi connectivity index (χ4v) is 2.88. The molecule has 0 radical (unpaired) electrons. The Labute approximate surface area is 137 Å². The molecule has 0 fully saturated rings. The van der Waals surface area contributed by atoms with Gasteiger partial charge in [-0.05, 0) is 31.0 Å². The number of aryl methyl sites for hydroxylation is 2. The Hall–Kier alpha value is -1.88. The number of carbonyl (C=O) groups excluding carboxylic acids is 1. The molecule has 1 unspecified atom stereocenters. The monoisotopic (exact) mass is 317 g/mol. The number of aliphatic hydroxyl groups excluding tert-OH is 1. The zero-order valence-electron chi connectivity index (χ0n) is 14.8. The highest BCUT2D eigenvalue weighted by Gasteiger charge is 2.30. The fourth-order valence-electron chi connectivity index (χ4n) is 2.88. The van der Waals surface area contributed by atoms with Gasteiger partial charge in [0.1, 0.15) is 5.82 Å². The average Bonchev–Trinajstić information content (AvgIpc) is 2.78. The number of amides is 1. The second kappa shape index (κ2) is 6.32. The minimum absolute atomic E-state index is 0.140. The van der Waals surface area contributed by atoms with E-state index in [0.29, 0.717) is 12.1 Å². The third kappa shape index (κ3) is 3.55. The van der Waals surface area contributed by atoms with Crippen LogP contribution >= 0.6 is 0 Å². The molecule has 23 heavy (non-hydrogen) atoms. The summed E-state index contributed by atoms with van der Waals surface area (Å²) in [6, 6.07) is 5.53. The van der Waals surface area contributed by atoms with Crippen LogP contribution in [0.3, 0.4) is 0 Å². The van der Waals surface area contributed by atoms with E-state index in [0.717, 1.165) is 16.9 Å².